The second-order valence-corrected chi connectivity index (χ2v) is 7.19. The van der Waals surface area contributed by atoms with Gasteiger partial charge in [-0.05, 0) is 68.1 Å². The molecule has 0 heterocycles. The molecule has 1 aliphatic carbocycles. The first-order valence-electron chi connectivity index (χ1n) is 9.03. The number of hydrogen-bond donors (Lipinski definition) is 2. The number of hydrogen-bond acceptors (Lipinski definition) is 3. The molecule has 0 amide bonds. The van der Waals surface area contributed by atoms with Crippen LogP contribution < -0.4 is 15.4 Å². The second kappa shape index (κ2) is 8.70. The number of ether oxygens (including phenoxy) is 1. The van der Waals surface area contributed by atoms with Gasteiger partial charge in [0.15, 0.2) is 0 Å². The zero-order chi connectivity index (χ0) is 17.6. The molecule has 4 heteroatoms. The molecule has 2 N–H and O–H groups in total. The van der Waals surface area contributed by atoms with Crippen LogP contribution in [0.3, 0.4) is 0 Å². The fourth-order valence-corrected chi connectivity index (χ4v) is 3.71. The Balaban J connectivity index is 1.69. The average molecular weight is 359 g/mol. The number of benzene rings is 2. The molecule has 0 spiro atoms. The Labute approximate surface area is 155 Å². The van der Waals surface area contributed by atoms with E-state index in [0.29, 0.717) is 12.1 Å². The maximum absolute atomic E-state index is 6.00. The fraction of sp³-hybridized carbons (Fsp3) is 0.429. The number of nitrogens with one attached hydrogen (secondary N) is 2. The molecule has 3 rings (SSSR count). The highest BCUT2D eigenvalue weighted by Gasteiger charge is 2.19. The molecule has 0 aliphatic heterocycles. The molecule has 0 atom stereocenters. The maximum atomic E-state index is 6.00. The van der Waals surface area contributed by atoms with E-state index >= 15 is 0 Å². The van der Waals surface area contributed by atoms with Crippen LogP contribution in [0.4, 0.5) is 0 Å². The molecule has 1 saturated carbocycles. The summed E-state index contributed by atoms with van der Waals surface area (Å²) >= 11 is 6.00. The van der Waals surface area contributed by atoms with E-state index in [9.17, 15) is 0 Å². The van der Waals surface area contributed by atoms with Gasteiger partial charge in [-0.1, -0.05) is 29.8 Å². The molecule has 1 aliphatic rings. The van der Waals surface area contributed by atoms with Gasteiger partial charge < -0.3 is 15.4 Å². The summed E-state index contributed by atoms with van der Waals surface area (Å²) in [5.74, 6) is 0.939. The summed E-state index contributed by atoms with van der Waals surface area (Å²) in [6, 6.07) is 15.6. The smallest absolute Gasteiger partial charge is 0.123 e. The molecule has 2 aromatic rings. The van der Waals surface area contributed by atoms with Gasteiger partial charge in [0.2, 0.25) is 0 Å². The van der Waals surface area contributed by atoms with Crippen molar-refractivity contribution < 1.29 is 4.74 Å². The Morgan fingerprint density at radius 2 is 1.60 bits per heavy atom. The Bertz CT molecular complexity index is 679. The van der Waals surface area contributed by atoms with E-state index in [1.165, 1.54) is 42.4 Å². The van der Waals surface area contributed by atoms with E-state index < -0.39 is 0 Å². The topological polar surface area (TPSA) is 33.3 Å². The first kappa shape index (κ1) is 18.2. The minimum absolute atomic E-state index is 0.591. The molecule has 2 aromatic carbocycles. The molecule has 0 saturated heterocycles. The van der Waals surface area contributed by atoms with Crippen LogP contribution in [0, 0.1) is 0 Å². The number of rotatable bonds is 6. The van der Waals surface area contributed by atoms with Gasteiger partial charge in [-0.3, -0.25) is 0 Å². The lowest BCUT2D eigenvalue weighted by Gasteiger charge is -2.29. The van der Waals surface area contributed by atoms with E-state index in [2.05, 4.69) is 48.0 Å². The van der Waals surface area contributed by atoms with Crippen molar-refractivity contribution in [2.75, 3.05) is 14.2 Å². The van der Waals surface area contributed by atoms with E-state index in [1.807, 2.05) is 12.1 Å². The van der Waals surface area contributed by atoms with Crippen molar-refractivity contribution in [3.63, 3.8) is 0 Å². The second-order valence-electron chi connectivity index (χ2n) is 6.75. The predicted octanol–water partition coefficient (Wildman–Crippen LogP) is 4.64. The van der Waals surface area contributed by atoms with Crippen LogP contribution in [-0.4, -0.2) is 26.2 Å². The molecular formula is C21H27ClN2O. The molecule has 0 bridgehead atoms. The first-order valence-corrected chi connectivity index (χ1v) is 9.41. The fourth-order valence-electron chi connectivity index (χ4n) is 3.58. The highest BCUT2D eigenvalue weighted by molar-refractivity contribution is 6.30. The summed E-state index contributed by atoms with van der Waals surface area (Å²) in [6.45, 7) is 0.833. The molecule has 0 aromatic heterocycles. The monoisotopic (exact) mass is 358 g/mol. The van der Waals surface area contributed by atoms with Crippen LogP contribution in [0.15, 0.2) is 42.5 Å². The lowest BCUT2D eigenvalue weighted by molar-refractivity contribution is 0.315. The van der Waals surface area contributed by atoms with Gasteiger partial charge in [-0.25, -0.2) is 0 Å². The largest absolute Gasteiger partial charge is 0.496 e. The third-order valence-electron chi connectivity index (χ3n) is 5.17. The number of halogens is 1. The van der Waals surface area contributed by atoms with E-state index in [0.717, 1.165) is 17.3 Å². The molecular weight excluding hydrogens is 332 g/mol. The molecule has 0 radical (unpaired) electrons. The van der Waals surface area contributed by atoms with Crippen molar-refractivity contribution in [2.24, 2.45) is 0 Å². The minimum Gasteiger partial charge on any atom is -0.496 e. The van der Waals surface area contributed by atoms with Gasteiger partial charge in [0.05, 0.1) is 7.11 Å². The zero-order valence-electron chi connectivity index (χ0n) is 15.0. The van der Waals surface area contributed by atoms with Gasteiger partial charge >= 0.3 is 0 Å². The van der Waals surface area contributed by atoms with Crippen molar-refractivity contribution in [1.82, 2.24) is 10.6 Å². The summed E-state index contributed by atoms with van der Waals surface area (Å²) in [6.07, 6.45) is 4.95. The van der Waals surface area contributed by atoms with Crippen molar-refractivity contribution >= 4 is 11.6 Å². The van der Waals surface area contributed by atoms with Gasteiger partial charge in [-0.2, -0.15) is 0 Å². The minimum atomic E-state index is 0.591. The van der Waals surface area contributed by atoms with Gasteiger partial charge in [0.1, 0.15) is 5.75 Å². The lowest BCUT2D eigenvalue weighted by Crippen LogP contribution is -2.38. The SMILES string of the molecule is CNC1CCC(NCc2cc(-c3ccc(Cl)cc3)ccc2OC)CC1. The molecule has 25 heavy (non-hydrogen) atoms. The summed E-state index contributed by atoms with van der Waals surface area (Å²) in [5, 5.41) is 7.87. The molecule has 3 nitrogen and oxygen atoms in total. The zero-order valence-corrected chi connectivity index (χ0v) is 15.8. The van der Waals surface area contributed by atoms with Crippen LogP contribution in [-0.2, 0) is 6.54 Å². The van der Waals surface area contributed by atoms with Crippen molar-refractivity contribution in [1.29, 1.82) is 0 Å². The maximum Gasteiger partial charge on any atom is 0.123 e. The summed E-state index contributed by atoms with van der Waals surface area (Å²) in [5.41, 5.74) is 3.56. The van der Waals surface area contributed by atoms with Crippen LogP contribution >= 0.6 is 11.6 Å². The molecule has 134 valence electrons. The summed E-state index contributed by atoms with van der Waals surface area (Å²) in [7, 11) is 3.80. The van der Waals surface area contributed by atoms with Crippen molar-refractivity contribution in [3.05, 3.63) is 53.1 Å². The van der Waals surface area contributed by atoms with Crippen LogP contribution in [0.2, 0.25) is 5.02 Å². The Morgan fingerprint density at radius 1 is 0.960 bits per heavy atom. The standard InChI is InChI=1S/C21H27ClN2O/c1-23-19-8-10-20(11-9-19)24-14-17-13-16(5-12-21(17)25-2)15-3-6-18(22)7-4-15/h3-7,12-13,19-20,23-24H,8-11,14H2,1-2H3. The highest BCUT2D eigenvalue weighted by Crippen LogP contribution is 2.28. The summed E-state index contributed by atoms with van der Waals surface area (Å²) < 4.78 is 5.56. The van der Waals surface area contributed by atoms with Crippen LogP contribution in [0.1, 0.15) is 31.2 Å². The molecule has 1 fully saturated rings. The Hall–Kier alpha value is -1.55. The third-order valence-corrected chi connectivity index (χ3v) is 5.43. The van der Waals surface area contributed by atoms with Crippen LogP contribution in [0.5, 0.6) is 5.75 Å². The van der Waals surface area contributed by atoms with Gasteiger partial charge in [0.25, 0.3) is 0 Å². The van der Waals surface area contributed by atoms with Crippen molar-refractivity contribution in [3.8, 4) is 16.9 Å². The highest BCUT2D eigenvalue weighted by atomic mass is 35.5. The normalized spacial score (nSPS) is 20.4. The van der Waals surface area contributed by atoms with Crippen LogP contribution in [0.25, 0.3) is 11.1 Å². The van der Waals surface area contributed by atoms with Gasteiger partial charge in [-0.15, -0.1) is 0 Å². The van der Waals surface area contributed by atoms with E-state index in [4.69, 9.17) is 16.3 Å². The molecule has 0 unspecified atom stereocenters. The van der Waals surface area contributed by atoms with E-state index in [-0.39, 0.29) is 0 Å². The first-order chi connectivity index (χ1) is 12.2. The quantitative estimate of drug-likeness (QED) is 0.789. The van der Waals surface area contributed by atoms with E-state index in [1.54, 1.807) is 7.11 Å². The Morgan fingerprint density at radius 3 is 2.24 bits per heavy atom. The number of methoxy groups -OCH3 is 1. The van der Waals surface area contributed by atoms with Crippen molar-refractivity contribution in [2.45, 2.75) is 44.3 Å². The summed E-state index contributed by atoms with van der Waals surface area (Å²) in [4.78, 5) is 0. The van der Waals surface area contributed by atoms with Gasteiger partial charge in [0, 0.05) is 29.2 Å². The third kappa shape index (κ3) is 4.75. The predicted molar refractivity (Wildman–Crippen MR) is 105 cm³/mol. The Kier molecular flexibility index (Phi) is 6.35. The lowest BCUT2D eigenvalue weighted by atomic mass is 9.91. The average Bonchev–Trinajstić information content (AvgIpc) is 2.67.